The summed E-state index contributed by atoms with van der Waals surface area (Å²) in [6.45, 7) is 0. The molecular weight excluding hydrogens is 337 g/mol. The van der Waals surface area contributed by atoms with Crippen LogP contribution in [0.15, 0.2) is 53.1 Å². The SMILES string of the molecule is COc1ccc(NC(=O)CCCc2nc(-c3ccc(F)cc3)no2)cc1. The summed E-state index contributed by atoms with van der Waals surface area (Å²) < 4.78 is 23.2. The number of nitrogens with zero attached hydrogens (tertiary/aromatic N) is 2. The Morgan fingerprint density at radius 2 is 1.88 bits per heavy atom. The van der Waals surface area contributed by atoms with Crippen molar-refractivity contribution in [3.63, 3.8) is 0 Å². The van der Waals surface area contributed by atoms with E-state index in [0.29, 0.717) is 42.2 Å². The molecule has 1 aromatic heterocycles. The lowest BCUT2D eigenvalue weighted by Crippen LogP contribution is -2.11. The van der Waals surface area contributed by atoms with Crippen molar-refractivity contribution in [3.8, 4) is 17.1 Å². The molecule has 0 aliphatic heterocycles. The molecule has 0 unspecified atom stereocenters. The molecule has 0 fully saturated rings. The van der Waals surface area contributed by atoms with Gasteiger partial charge in [-0.25, -0.2) is 4.39 Å². The number of carbonyl (C=O) groups is 1. The number of methoxy groups -OCH3 is 1. The van der Waals surface area contributed by atoms with E-state index < -0.39 is 0 Å². The zero-order chi connectivity index (χ0) is 18.4. The molecule has 2 aromatic carbocycles. The quantitative estimate of drug-likeness (QED) is 0.697. The van der Waals surface area contributed by atoms with Gasteiger partial charge < -0.3 is 14.6 Å². The van der Waals surface area contributed by atoms with Gasteiger partial charge in [-0.3, -0.25) is 4.79 Å². The number of anilines is 1. The number of hydrogen-bond acceptors (Lipinski definition) is 5. The van der Waals surface area contributed by atoms with Gasteiger partial charge in [-0.05, 0) is 55.0 Å². The molecule has 26 heavy (non-hydrogen) atoms. The monoisotopic (exact) mass is 355 g/mol. The molecule has 0 aliphatic rings. The lowest BCUT2D eigenvalue weighted by Gasteiger charge is -2.05. The largest absolute Gasteiger partial charge is 0.497 e. The smallest absolute Gasteiger partial charge is 0.226 e. The molecule has 1 heterocycles. The predicted molar refractivity (Wildman–Crippen MR) is 94.3 cm³/mol. The van der Waals surface area contributed by atoms with Gasteiger partial charge in [-0.1, -0.05) is 5.16 Å². The van der Waals surface area contributed by atoms with E-state index in [1.54, 1.807) is 43.5 Å². The highest BCUT2D eigenvalue weighted by Crippen LogP contribution is 2.18. The number of aryl methyl sites for hydroxylation is 1. The Morgan fingerprint density at radius 3 is 2.58 bits per heavy atom. The number of nitrogens with one attached hydrogen (secondary N) is 1. The van der Waals surface area contributed by atoms with E-state index in [4.69, 9.17) is 9.26 Å². The lowest BCUT2D eigenvalue weighted by molar-refractivity contribution is -0.116. The Kier molecular flexibility index (Phi) is 5.58. The van der Waals surface area contributed by atoms with Crippen molar-refractivity contribution in [3.05, 3.63) is 60.2 Å². The number of benzene rings is 2. The molecule has 0 radical (unpaired) electrons. The predicted octanol–water partition coefficient (Wildman–Crippen LogP) is 3.85. The normalized spacial score (nSPS) is 10.5. The molecule has 0 bridgehead atoms. The number of ether oxygens (including phenoxy) is 1. The molecule has 1 amide bonds. The summed E-state index contributed by atoms with van der Waals surface area (Å²) in [5, 5.41) is 6.70. The van der Waals surface area contributed by atoms with Crippen LogP contribution in [0.5, 0.6) is 5.75 Å². The molecule has 134 valence electrons. The Labute approximate surface area is 150 Å². The van der Waals surface area contributed by atoms with Crippen molar-refractivity contribution in [2.45, 2.75) is 19.3 Å². The molecule has 0 aliphatic carbocycles. The molecular formula is C19H18FN3O3. The highest BCUT2D eigenvalue weighted by atomic mass is 19.1. The van der Waals surface area contributed by atoms with Crippen LogP contribution < -0.4 is 10.1 Å². The average Bonchev–Trinajstić information content (AvgIpc) is 3.12. The minimum Gasteiger partial charge on any atom is -0.497 e. The second-order valence-corrected chi connectivity index (χ2v) is 5.65. The molecule has 0 spiro atoms. The highest BCUT2D eigenvalue weighted by Gasteiger charge is 2.10. The first-order chi connectivity index (χ1) is 12.6. The fourth-order valence-electron chi connectivity index (χ4n) is 2.37. The van der Waals surface area contributed by atoms with Gasteiger partial charge in [0.25, 0.3) is 0 Å². The summed E-state index contributed by atoms with van der Waals surface area (Å²) in [6.07, 6.45) is 1.40. The first-order valence-corrected chi connectivity index (χ1v) is 8.16. The van der Waals surface area contributed by atoms with Crippen molar-refractivity contribution in [1.82, 2.24) is 10.1 Å². The summed E-state index contributed by atoms with van der Waals surface area (Å²) >= 11 is 0. The van der Waals surface area contributed by atoms with Gasteiger partial charge >= 0.3 is 0 Å². The Balaban J connectivity index is 1.47. The minimum absolute atomic E-state index is 0.0894. The topological polar surface area (TPSA) is 77.2 Å². The Bertz CT molecular complexity index is 860. The number of halogens is 1. The molecule has 0 saturated carbocycles. The molecule has 6 nitrogen and oxygen atoms in total. The van der Waals surface area contributed by atoms with Crippen LogP contribution in [0.2, 0.25) is 0 Å². The van der Waals surface area contributed by atoms with Crippen LogP contribution in [-0.4, -0.2) is 23.2 Å². The van der Waals surface area contributed by atoms with Gasteiger partial charge in [0, 0.05) is 24.1 Å². The molecule has 1 N–H and O–H groups in total. The fraction of sp³-hybridized carbons (Fsp3) is 0.211. The van der Waals surface area contributed by atoms with E-state index in [2.05, 4.69) is 15.5 Å². The zero-order valence-corrected chi connectivity index (χ0v) is 14.2. The van der Waals surface area contributed by atoms with E-state index in [0.717, 1.165) is 5.75 Å². The summed E-state index contributed by atoms with van der Waals surface area (Å²) in [4.78, 5) is 16.2. The van der Waals surface area contributed by atoms with Crippen LogP contribution in [0.3, 0.4) is 0 Å². The summed E-state index contributed by atoms with van der Waals surface area (Å²) in [5.74, 6) is 1.18. The minimum atomic E-state index is -0.319. The van der Waals surface area contributed by atoms with Gasteiger partial charge in [-0.15, -0.1) is 0 Å². The number of carbonyl (C=O) groups excluding carboxylic acids is 1. The van der Waals surface area contributed by atoms with E-state index in [9.17, 15) is 9.18 Å². The van der Waals surface area contributed by atoms with Gasteiger partial charge in [-0.2, -0.15) is 4.98 Å². The Hall–Kier alpha value is -3.22. The van der Waals surface area contributed by atoms with Crippen molar-refractivity contribution >= 4 is 11.6 Å². The second kappa shape index (κ2) is 8.24. The maximum absolute atomic E-state index is 12.9. The molecule has 0 saturated heterocycles. The van der Waals surface area contributed by atoms with Crippen molar-refractivity contribution in [1.29, 1.82) is 0 Å². The van der Waals surface area contributed by atoms with Gasteiger partial charge in [0.1, 0.15) is 11.6 Å². The van der Waals surface area contributed by atoms with E-state index >= 15 is 0 Å². The third kappa shape index (κ3) is 4.66. The third-order valence-corrected chi connectivity index (χ3v) is 3.74. The fourth-order valence-corrected chi connectivity index (χ4v) is 2.37. The number of amides is 1. The van der Waals surface area contributed by atoms with Crippen LogP contribution in [-0.2, 0) is 11.2 Å². The average molecular weight is 355 g/mol. The number of hydrogen-bond donors (Lipinski definition) is 1. The molecule has 3 aromatic rings. The van der Waals surface area contributed by atoms with Gasteiger partial charge in [0.05, 0.1) is 7.11 Å². The highest BCUT2D eigenvalue weighted by molar-refractivity contribution is 5.90. The number of aromatic nitrogens is 2. The standard InChI is InChI=1S/C19H18FN3O3/c1-25-16-11-9-15(10-12-16)21-17(24)3-2-4-18-22-19(23-26-18)13-5-7-14(20)8-6-13/h5-12H,2-4H2,1H3,(H,21,24). The zero-order valence-electron chi connectivity index (χ0n) is 14.2. The summed E-state index contributed by atoms with van der Waals surface area (Å²) in [7, 11) is 1.59. The lowest BCUT2D eigenvalue weighted by atomic mass is 10.2. The van der Waals surface area contributed by atoms with Crippen LogP contribution in [0, 0.1) is 5.82 Å². The first-order valence-electron chi connectivity index (χ1n) is 8.16. The van der Waals surface area contributed by atoms with Gasteiger partial charge in [0.15, 0.2) is 0 Å². The Morgan fingerprint density at radius 1 is 1.15 bits per heavy atom. The van der Waals surface area contributed by atoms with Crippen LogP contribution in [0.25, 0.3) is 11.4 Å². The third-order valence-electron chi connectivity index (χ3n) is 3.74. The van der Waals surface area contributed by atoms with Crippen LogP contribution in [0.1, 0.15) is 18.7 Å². The maximum Gasteiger partial charge on any atom is 0.226 e. The second-order valence-electron chi connectivity index (χ2n) is 5.65. The van der Waals surface area contributed by atoms with E-state index in [1.165, 1.54) is 12.1 Å². The van der Waals surface area contributed by atoms with Gasteiger partial charge in [0.2, 0.25) is 17.6 Å². The van der Waals surface area contributed by atoms with Crippen molar-refractivity contribution in [2.75, 3.05) is 12.4 Å². The first kappa shape index (κ1) is 17.6. The molecule has 7 heteroatoms. The van der Waals surface area contributed by atoms with E-state index in [-0.39, 0.29) is 11.7 Å². The van der Waals surface area contributed by atoms with Crippen LogP contribution >= 0.6 is 0 Å². The summed E-state index contributed by atoms with van der Waals surface area (Å²) in [6, 6.07) is 13.0. The number of rotatable bonds is 7. The molecule has 3 rings (SSSR count). The van der Waals surface area contributed by atoms with Crippen LogP contribution in [0.4, 0.5) is 10.1 Å². The summed E-state index contributed by atoms with van der Waals surface area (Å²) in [5.41, 5.74) is 1.39. The van der Waals surface area contributed by atoms with E-state index in [1.807, 2.05) is 0 Å². The molecule has 0 atom stereocenters. The van der Waals surface area contributed by atoms with Crippen molar-refractivity contribution < 1.29 is 18.4 Å². The maximum atomic E-state index is 12.9. The van der Waals surface area contributed by atoms with Crippen molar-refractivity contribution in [2.24, 2.45) is 0 Å².